The molecule has 0 aliphatic carbocycles. The summed E-state index contributed by atoms with van der Waals surface area (Å²) in [5.74, 6) is 0.857. The smallest absolute Gasteiger partial charge is 0.338 e. The second-order valence-electron chi connectivity index (χ2n) is 9.35. The van der Waals surface area contributed by atoms with Crippen LogP contribution in [0.5, 0.6) is 34.5 Å². The Hall–Kier alpha value is -4.23. The molecule has 4 rings (SSSR count). The van der Waals surface area contributed by atoms with Crippen molar-refractivity contribution in [3.8, 4) is 34.5 Å². The Morgan fingerprint density at radius 3 is 1.55 bits per heavy atom. The van der Waals surface area contributed by atoms with Gasteiger partial charge in [-0.15, -0.1) is 0 Å². The number of carbonyl (C=O) groups excluding carboxylic acids is 1. The van der Waals surface area contributed by atoms with E-state index in [-0.39, 0.29) is 31.1 Å². The third-order valence-corrected chi connectivity index (χ3v) is 6.12. The highest BCUT2D eigenvalue weighted by Gasteiger charge is 2.13. The van der Waals surface area contributed by atoms with E-state index in [9.17, 15) is 15.0 Å². The van der Waals surface area contributed by atoms with E-state index in [1.54, 1.807) is 18.2 Å². The minimum Gasteiger partial charge on any atom is -0.504 e. The fraction of sp³-hybridized carbons (Fsp3) is 0.406. The molecular formula is C32H38O12. The van der Waals surface area contributed by atoms with E-state index in [0.717, 1.165) is 6.07 Å². The molecule has 0 aromatic heterocycles. The van der Waals surface area contributed by atoms with Crippen LogP contribution in [0.3, 0.4) is 0 Å². The van der Waals surface area contributed by atoms with Crippen molar-refractivity contribution < 1.29 is 57.6 Å². The molecule has 1 heterocycles. The number of hydrogen-bond acceptors (Lipinski definition) is 12. The zero-order valence-corrected chi connectivity index (χ0v) is 24.4. The van der Waals surface area contributed by atoms with Crippen LogP contribution in [0.25, 0.3) is 0 Å². The summed E-state index contributed by atoms with van der Waals surface area (Å²) in [6.45, 7) is 4.25. The molecule has 0 fully saturated rings. The number of rotatable bonds is 3. The van der Waals surface area contributed by atoms with Crippen LogP contribution < -0.4 is 18.9 Å². The zero-order chi connectivity index (χ0) is 30.8. The highest BCUT2D eigenvalue weighted by atomic mass is 16.6. The van der Waals surface area contributed by atoms with Crippen LogP contribution >= 0.6 is 0 Å². The minimum atomic E-state index is -0.652. The van der Waals surface area contributed by atoms with Crippen LogP contribution in [-0.4, -0.2) is 95.5 Å². The lowest BCUT2D eigenvalue weighted by Crippen LogP contribution is -2.15. The van der Waals surface area contributed by atoms with Crippen LogP contribution in [-0.2, 0) is 30.3 Å². The van der Waals surface area contributed by atoms with Gasteiger partial charge in [-0.25, -0.2) is 4.79 Å². The van der Waals surface area contributed by atoms with Crippen LogP contribution in [0, 0.1) is 0 Å². The van der Waals surface area contributed by atoms with Gasteiger partial charge >= 0.3 is 5.97 Å². The van der Waals surface area contributed by atoms with Gasteiger partial charge in [0.25, 0.3) is 0 Å². The van der Waals surface area contributed by atoms with Crippen molar-refractivity contribution in [2.24, 2.45) is 0 Å². The van der Waals surface area contributed by atoms with Gasteiger partial charge in [0.1, 0.15) is 33.0 Å². The molecule has 0 bridgehead atoms. The Morgan fingerprint density at radius 2 is 1.02 bits per heavy atom. The lowest BCUT2D eigenvalue weighted by molar-refractivity contribution is 0.0223. The first kappa shape index (κ1) is 32.7. The van der Waals surface area contributed by atoms with E-state index in [4.69, 9.17) is 42.6 Å². The summed E-state index contributed by atoms with van der Waals surface area (Å²) in [5, 5.41) is 19.1. The van der Waals surface area contributed by atoms with Gasteiger partial charge in [0, 0.05) is 0 Å². The van der Waals surface area contributed by atoms with Gasteiger partial charge in [-0.05, 0) is 48.0 Å². The monoisotopic (exact) mass is 614 g/mol. The van der Waals surface area contributed by atoms with Gasteiger partial charge in [-0.2, -0.15) is 0 Å². The second kappa shape index (κ2) is 18.4. The maximum Gasteiger partial charge on any atom is 0.338 e. The fourth-order valence-corrected chi connectivity index (χ4v) is 3.93. The third-order valence-electron chi connectivity index (χ3n) is 6.12. The summed E-state index contributed by atoms with van der Waals surface area (Å²) >= 11 is 0. The van der Waals surface area contributed by atoms with Gasteiger partial charge in [0.2, 0.25) is 0 Å². The molecule has 238 valence electrons. The molecule has 0 spiro atoms. The molecule has 0 unspecified atom stereocenters. The Kier molecular flexibility index (Phi) is 13.7. The van der Waals surface area contributed by atoms with E-state index >= 15 is 0 Å². The summed E-state index contributed by atoms with van der Waals surface area (Å²) < 4.78 is 51.2. The number of phenols is 2. The van der Waals surface area contributed by atoms with Crippen LogP contribution in [0.1, 0.15) is 15.9 Å². The molecule has 44 heavy (non-hydrogen) atoms. The van der Waals surface area contributed by atoms with Crippen molar-refractivity contribution in [1.82, 2.24) is 0 Å². The second-order valence-corrected chi connectivity index (χ2v) is 9.35. The molecule has 3 aromatic rings. The number of phenolic OH excluding ortho intramolecular Hbond substituents is 2. The SMILES string of the molecule is O=C(OCc1ccc2c(c1)OCCOCCOCCOc1ccccc1OCCOCCOCCO2)c1ccc(O)c(O)c1. The molecule has 0 radical (unpaired) electrons. The maximum atomic E-state index is 12.4. The number of benzene rings is 3. The Morgan fingerprint density at radius 1 is 0.545 bits per heavy atom. The highest BCUT2D eigenvalue weighted by Crippen LogP contribution is 2.30. The third kappa shape index (κ3) is 11.1. The number of hydrogen-bond donors (Lipinski definition) is 2. The number of aromatic hydroxyl groups is 2. The normalized spacial score (nSPS) is 16.3. The van der Waals surface area contributed by atoms with Crippen molar-refractivity contribution in [3.05, 3.63) is 71.8 Å². The van der Waals surface area contributed by atoms with Gasteiger partial charge < -0.3 is 52.8 Å². The predicted molar refractivity (Wildman–Crippen MR) is 157 cm³/mol. The number of fused-ring (bicyclic) bond motifs is 2. The zero-order valence-electron chi connectivity index (χ0n) is 24.4. The predicted octanol–water partition coefficient (Wildman–Crippen LogP) is 3.75. The minimum absolute atomic E-state index is 0.0472. The van der Waals surface area contributed by atoms with E-state index in [2.05, 4.69) is 0 Å². The first-order valence-corrected chi connectivity index (χ1v) is 14.3. The van der Waals surface area contributed by atoms with Crippen molar-refractivity contribution in [3.63, 3.8) is 0 Å². The molecule has 0 atom stereocenters. The van der Waals surface area contributed by atoms with E-state index in [1.807, 2.05) is 24.3 Å². The van der Waals surface area contributed by atoms with Crippen LogP contribution in [0.15, 0.2) is 60.7 Å². The Balaban J connectivity index is 1.29. The standard InChI is InChI=1S/C32H38O12/c33-26-7-6-25(22-27(26)34)32(35)44-23-24-5-8-30-31(21-24)43-20-16-39-12-11-37-14-18-41-29-4-2-1-3-28(29)40-17-13-36-9-10-38-15-19-42-30/h1-8,21-22,33-34H,9-20,23H2. The molecular weight excluding hydrogens is 576 g/mol. The fourth-order valence-electron chi connectivity index (χ4n) is 3.93. The van der Waals surface area contributed by atoms with Gasteiger partial charge in [-0.1, -0.05) is 18.2 Å². The molecule has 1 aliphatic heterocycles. The molecule has 1 aliphatic rings. The number of carbonyl (C=O) groups is 1. The topological polar surface area (TPSA) is 141 Å². The van der Waals surface area contributed by atoms with Crippen molar-refractivity contribution in [2.45, 2.75) is 6.61 Å². The molecule has 0 saturated carbocycles. The van der Waals surface area contributed by atoms with Crippen molar-refractivity contribution >= 4 is 5.97 Å². The molecule has 2 N–H and O–H groups in total. The lowest BCUT2D eigenvalue weighted by atomic mass is 10.2. The number of para-hydroxylation sites is 2. The lowest BCUT2D eigenvalue weighted by Gasteiger charge is -2.15. The average molecular weight is 615 g/mol. The number of ether oxygens (including phenoxy) is 9. The summed E-state index contributed by atoms with van der Waals surface area (Å²) in [5.41, 5.74) is 0.770. The van der Waals surface area contributed by atoms with Gasteiger partial charge in [-0.3, -0.25) is 0 Å². The van der Waals surface area contributed by atoms with Crippen LogP contribution in [0.2, 0.25) is 0 Å². The highest BCUT2D eigenvalue weighted by molar-refractivity contribution is 5.90. The summed E-state index contributed by atoms with van der Waals surface area (Å²) in [6.07, 6.45) is 0. The van der Waals surface area contributed by atoms with E-state index < -0.39 is 11.7 Å². The summed E-state index contributed by atoms with van der Waals surface area (Å²) in [7, 11) is 0. The largest absolute Gasteiger partial charge is 0.504 e. The van der Waals surface area contributed by atoms with Gasteiger partial charge in [0.05, 0.1) is 58.4 Å². The van der Waals surface area contributed by atoms with Crippen LogP contribution in [0.4, 0.5) is 0 Å². The van der Waals surface area contributed by atoms with Gasteiger partial charge in [0.15, 0.2) is 34.5 Å². The van der Waals surface area contributed by atoms with Crippen molar-refractivity contribution in [1.29, 1.82) is 0 Å². The quantitative estimate of drug-likeness (QED) is 0.328. The van der Waals surface area contributed by atoms with E-state index in [0.29, 0.717) is 94.6 Å². The van der Waals surface area contributed by atoms with E-state index in [1.165, 1.54) is 12.1 Å². The number of esters is 1. The van der Waals surface area contributed by atoms with Crippen molar-refractivity contribution in [2.75, 3.05) is 79.3 Å². The molecule has 12 nitrogen and oxygen atoms in total. The Bertz CT molecular complexity index is 1300. The molecule has 12 heteroatoms. The first-order chi connectivity index (χ1) is 21.6. The summed E-state index contributed by atoms with van der Waals surface area (Å²) in [4.78, 5) is 12.4. The maximum absolute atomic E-state index is 12.4. The first-order valence-electron chi connectivity index (χ1n) is 14.3. The summed E-state index contributed by atoms with van der Waals surface area (Å²) in [6, 6.07) is 16.4. The molecule has 3 aromatic carbocycles. The molecule has 0 saturated heterocycles. The Labute approximate surface area is 255 Å². The average Bonchev–Trinajstić information content (AvgIpc) is 3.03. The molecule has 0 amide bonds.